The molecule has 2 aromatic carbocycles. The highest BCUT2D eigenvalue weighted by Crippen LogP contribution is 2.25. The van der Waals surface area contributed by atoms with E-state index in [-0.39, 0.29) is 24.0 Å². The fraction of sp³-hybridized carbons (Fsp3) is 0.190. The Morgan fingerprint density at radius 2 is 1.76 bits per heavy atom. The summed E-state index contributed by atoms with van der Waals surface area (Å²) >= 11 is 1.60. The zero-order valence-corrected chi connectivity index (χ0v) is 16.1. The minimum absolute atomic E-state index is 0.114. The number of thioether (sulfide) groups is 1. The molecule has 8 heteroatoms. The van der Waals surface area contributed by atoms with E-state index in [1.165, 1.54) is 18.4 Å². The third kappa shape index (κ3) is 6.60. The van der Waals surface area contributed by atoms with Crippen LogP contribution >= 0.6 is 11.8 Å². The zero-order valence-electron chi connectivity index (χ0n) is 15.2. The van der Waals surface area contributed by atoms with Crippen molar-refractivity contribution in [1.29, 1.82) is 0 Å². The molecule has 152 valence electrons. The van der Waals surface area contributed by atoms with Crippen molar-refractivity contribution in [1.82, 2.24) is 5.32 Å². The minimum atomic E-state index is -4.38. The minimum Gasteiger partial charge on any atom is -0.484 e. The summed E-state index contributed by atoms with van der Waals surface area (Å²) < 4.78 is 46.5. The molecule has 3 aromatic rings. The van der Waals surface area contributed by atoms with Gasteiger partial charge in [0.05, 0.1) is 6.26 Å². The first kappa shape index (κ1) is 20.9. The largest absolute Gasteiger partial charge is 0.484 e. The van der Waals surface area contributed by atoms with Gasteiger partial charge in [0.1, 0.15) is 5.75 Å². The van der Waals surface area contributed by atoms with Gasteiger partial charge in [-0.1, -0.05) is 30.3 Å². The quantitative estimate of drug-likeness (QED) is 0.492. The van der Waals surface area contributed by atoms with Crippen LogP contribution in [0, 0.1) is 0 Å². The van der Waals surface area contributed by atoms with Crippen molar-refractivity contribution in [2.24, 2.45) is 0 Å². The summed E-state index contributed by atoms with van der Waals surface area (Å²) in [7, 11) is 0. The van der Waals surface area contributed by atoms with E-state index in [0.29, 0.717) is 5.75 Å². The number of furan rings is 1. The maximum Gasteiger partial charge on any atom is 0.422 e. The van der Waals surface area contributed by atoms with Gasteiger partial charge in [-0.15, -0.1) is 11.8 Å². The Labute approximate surface area is 170 Å². The SMILES string of the molecule is O=C(NCc1ccc(OCC(F)(F)F)cc1)c1occc1CSc1ccccc1. The number of amides is 1. The number of hydrogen-bond donors (Lipinski definition) is 1. The third-order valence-corrected chi connectivity index (χ3v) is 4.93. The molecule has 4 nitrogen and oxygen atoms in total. The molecule has 3 rings (SSSR count). The van der Waals surface area contributed by atoms with E-state index in [1.54, 1.807) is 30.0 Å². The summed E-state index contributed by atoms with van der Waals surface area (Å²) in [5, 5.41) is 2.75. The summed E-state index contributed by atoms with van der Waals surface area (Å²) in [6.45, 7) is -1.13. The van der Waals surface area contributed by atoms with Crippen LogP contribution in [-0.4, -0.2) is 18.7 Å². The first-order chi connectivity index (χ1) is 13.9. The topological polar surface area (TPSA) is 51.5 Å². The summed E-state index contributed by atoms with van der Waals surface area (Å²) in [6.07, 6.45) is -2.91. The van der Waals surface area contributed by atoms with Gasteiger partial charge in [0.25, 0.3) is 5.91 Å². The van der Waals surface area contributed by atoms with Gasteiger partial charge in [0, 0.05) is 22.8 Å². The third-order valence-electron chi connectivity index (χ3n) is 3.87. The van der Waals surface area contributed by atoms with Crippen LogP contribution in [0.3, 0.4) is 0 Å². The molecule has 0 aliphatic rings. The highest BCUT2D eigenvalue weighted by Gasteiger charge is 2.28. The number of nitrogens with one attached hydrogen (secondary N) is 1. The van der Waals surface area contributed by atoms with Gasteiger partial charge in [-0.05, 0) is 35.9 Å². The van der Waals surface area contributed by atoms with E-state index in [4.69, 9.17) is 4.42 Å². The molecular weight excluding hydrogens is 403 g/mol. The second kappa shape index (κ2) is 9.56. The smallest absolute Gasteiger partial charge is 0.422 e. The molecule has 0 spiro atoms. The molecule has 0 radical (unpaired) electrons. The zero-order chi connectivity index (χ0) is 20.7. The van der Waals surface area contributed by atoms with E-state index in [1.807, 2.05) is 30.3 Å². The summed E-state index contributed by atoms with van der Waals surface area (Å²) in [5.41, 5.74) is 1.51. The molecule has 1 N–H and O–H groups in total. The lowest BCUT2D eigenvalue weighted by Gasteiger charge is -2.10. The van der Waals surface area contributed by atoms with Gasteiger partial charge in [-0.3, -0.25) is 4.79 Å². The monoisotopic (exact) mass is 421 g/mol. The second-order valence-corrected chi connectivity index (χ2v) is 7.16. The van der Waals surface area contributed by atoms with Crippen LogP contribution in [-0.2, 0) is 12.3 Å². The summed E-state index contributed by atoms with van der Waals surface area (Å²) in [4.78, 5) is 13.5. The van der Waals surface area contributed by atoms with Crippen LogP contribution < -0.4 is 10.1 Å². The van der Waals surface area contributed by atoms with E-state index in [0.717, 1.165) is 16.0 Å². The lowest BCUT2D eigenvalue weighted by molar-refractivity contribution is -0.153. The molecule has 1 heterocycles. The average Bonchev–Trinajstić information content (AvgIpc) is 3.19. The van der Waals surface area contributed by atoms with E-state index >= 15 is 0 Å². The Morgan fingerprint density at radius 3 is 2.45 bits per heavy atom. The fourth-order valence-electron chi connectivity index (χ4n) is 2.46. The number of carbonyl (C=O) groups excluding carboxylic acids is 1. The molecular formula is C21H18F3NO3S. The predicted molar refractivity (Wildman–Crippen MR) is 104 cm³/mol. The van der Waals surface area contributed by atoms with E-state index in [9.17, 15) is 18.0 Å². The standard InChI is InChI=1S/C21H18F3NO3S/c22-21(23,24)14-28-17-8-6-15(7-9-17)12-25-20(26)19-16(10-11-27-19)13-29-18-4-2-1-3-5-18/h1-11H,12-14H2,(H,25,26). The number of hydrogen-bond acceptors (Lipinski definition) is 4. The van der Waals surface area contributed by atoms with Gasteiger partial charge in [-0.2, -0.15) is 13.2 Å². The summed E-state index contributed by atoms with van der Waals surface area (Å²) in [6, 6.07) is 17.6. The van der Waals surface area contributed by atoms with Gasteiger partial charge < -0.3 is 14.5 Å². The van der Waals surface area contributed by atoms with Crippen molar-refractivity contribution in [3.05, 3.63) is 83.8 Å². The van der Waals surface area contributed by atoms with Crippen LogP contribution in [0.25, 0.3) is 0 Å². The van der Waals surface area contributed by atoms with Gasteiger partial charge in [0.15, 0.2) is 12.4 Å². The van der Waals surface area contributed by atoms with Gasteiger partial charge >= 0.3 is 6.18 Å². The van der Waals surface area contributed by atoms with Crippen LogP contribution in [0.2, 0.25) is 0 Å². The van der Waals surface area contributed by atoms with Crippen molar-refractivity contribution in [3.8, 4) is 5.75 Å². The van der Waals surface area contributed by atoms with Crippen LogP contribution in [0.5, 0.6) is 5.75 Å². The average molecular weight is 421 g/mol. The molecule has 0 aliphatic carbocycles. The van der Waals surface area contributed by atoms with Gasteiger partial charge in [-0.25, -0.2) is 0 Å². The normalized spacial score (nSPS) is 11.3. The number of alkyl halides is 3. The molecule has 0 fully saturated rings. The molecule has 29 heavy (non-hydrogen) atoms. The highest BCUT2D eigenvalue weighted by molar-refractivity contribution is 7.98. The molecule has 0 bridgehead atoms. The molecule has 0 saturated heterocycles. The Kier molecular flexibility index (Phi) is 6.87. The maximum absolute atomic E-state index is 12.4. The lowest BCUT2D eigenvalue weighted by Crippen LogP contribution is -2.23. The molecule has 0 saturated carbocycles. The first-order valence-corrected chi connectivity index (χ1v) is 9.70. The Bertz CT molecular complexity index is 924. The number of benzene rings is 2. The molecule has 1 amide bonds. The fourth-order valence-corrected chi connectivity index (χ4v) is 3.36. The number of ether oxygens (including phenoxy) is 1. The lowest BCUT2D eigenvalue weighted by atomic mass is 10.2. The maximum atomic E-state index is 12.4. The van der Waals surface area contributed by atoms with Crippen molar-refractivity contribution >= 4 is 17.7 Å². The van der Waals surface area contributed by atoms with E-state index < -0.39 is 12.8 Å². The van der Waals surface area contributed by atoms with Crippen molar-refractivity contribution in [2.45, 2.75) is 23.4 Å². The number of carbonyl (C=O) groups is 1. The second-order valence-electron chi connectivity index (χ2n) is 6.11. The predicted octanol–water partition coefficient (Wildman–Crippen LogP) is 5.44. The van der Waals surface area contributed by atoms with Crippen molar-refractivity contribution < 1.29 is 27.1 Å². The number of halogens is 3. The molecule has 0 unspecified atom stereocenters. The Balaban J connectivity index is 1.51. The van der Waals surface area contributed by atoms with Crippen LogP contribution in [0.1, 0.15) is 21.7 Å². The first-order valence-electron chi connectivity index (χ1n) is 8.71. The molecule has 0 atom stereocenters. The Morgan fingerprint density at radius 1 is 1.03 bits per heavy atom. The van der Waals surface area contributed by atoms with Crippen molar-refractivity contribution in [2.75, 3.05) is 6.61 Å². The van der Waals surface area contributed by atoms with Gasteiger partial charge in [0.2, 0.25) is 0 Å². The highest BCUT2D eigenvalue weighted by atomic mass is 32.2. The van der Waals surface area contributed by atoms with Crippen LogP contribution in [0.4, 0.5) is 13.2 Å². The summed E-state index contributed by atoms with van der Waals surface area (Å²) in [5.74, 6) is 0.604. The van der Waals surface area contributed by atoms with Crippen LogP contribution in [0.15, 0.2) is 76.2 Å². The Hall–Kier alpha value is -2.87. The molecule has 1 aromatic heterocycles. The van der Waals surface area contributed by atoms with Crippen molar-refractivity contribution in [3.63, 3.8) is 0 Å². The molecule has 0 aliphatic heterocycles. The van der Waals surface area contributed by atoms with E-state index in [2.05, 4.69) is 10.1 Å². The number of rotatable bonds is 8.